The van der Waals surface area contributed by atoms with Crippen LogP contribution in [0.15, 0.2) is 54.6 Å². The molecule has 0 aromatic heterocycles. The topological polar surface area (TPSA) is 24.1 Å². The van der Waals surface area contributed by atoms with E-state index >= 15 is 0 Å². The maximum absolute atomic E-state index is 13.2. The SMILES string of the molecule is C[C@@H](CC(C)(C)c1ccccc1)NC(=S)Nc1cccc(F)c1. The molecule has 2 aromatic rings. The Labute approximate surface area is 143 Å². The lowest BCUT2D eigenvalue weighted by Gasteiger charge is -2.29. The lowest BCUT2D eigenvalue weighted by molar-refractivity contribution is 0.420. The molecular weight excluding hydrogens is 307 g/mol. The molecule has 0 radical (unpaired) electrons. The number of hydrogen-bond acceptors (Lipinski definition) is 1. The summed E-state index contributed by atoms with van der Waals surface area (Å²) in [6.07, 6.45) is 0.933. The summed E-state index contributed by atoms with van der Waals surface area (Å²) in [4.78, 5) is 0. The zero-order valence-corrected chi connectivity index (χ0v) is 14.6. The first kappa shape index (κ1) is 17.4. The summed E-state index contributed by atoms with van der Waals surface area (Å²) in [6, 6.07) is 16.9. The van der Waals surface area contributed by atoms with E-state index in [0.717, 1.165) is 6.42 Å². The smallest absolute Gasteiger partial charge is 0.170 e. The summed E-state index contributed by atoms with van der Waals surface area (Å²) in [6.45, 7) is 6.55. The number of anilines is 1. The summed E-state index contributed by atoms with van der Waals surface area (Å²) >= 11 is 5.32. The van der Waals surface area contributed by atoms with Crippen LogP contribution in [0.3, 0.4) is 0 Å². The minimum absolute atomic E-state index is 0.0438. The molecule has 0 aliphatic rings. The lowest BCUT2D eigenvalue weighted by Crippen LogP contribution is -2.39. The molecule has 0 aliphatic heterocycles. The molecule has 0 saturated carbocycles. The van der Waals surface area contributed by atoms with Crippen molar-refractivity contribution in [2.75, 3.05) is 5.32 Å². The van der Waals surface area contributed by atoms with Crippen molar-refractivity contribution in [1.82, 2.24) is 5.32 Å². The van der Waals surface area contributed by atoms with Crippen LogP contribution in [0.5, 0.6) is 0 Å². The van der Waals surface area contributed by atoms with Crippen molar-refractivity contribution in [3.63, 3.8) is 0 Å². The summed E-state index contributed by atoms with van der Waals surface area (Å²) < 4.78 is 13.2. The number of thiocarbonyl (C=S) groups is 1. The average molecular weight is 330 g/mol. The lowest BCUT2D eigenvalue weighted by atomic mass is 9.79. The number of halogens is 1. The number of benzene rings is 2. The fourth-order valence-electron chi connectivity index (χ4n) is 2.78. The van der Waals surface area contributed by atoms with Gasteiger partial charge in [0.2, 0.25) is 0 Å². The number of rotatable bonds is 5. The second kappa shape index (κ2) is 7.55. The summed E-state index contributed by atoms with van der Waals surface area (Å²) in [7, 11) is 0. The van der Waals surface area contributed by atoms with Crippen LogP contribution in [0.25, 0.3) is 0 Å². The van der Waals surface area contributed by atoms with Gasteiger partial charge in [-0.25, -0.2) is 4.39 Å². The molecule has 0 bridgehead atoms. The highest BCUT2D eigenvalue weighted by atomic mass is 32.1. The second-order valence-electron chi connectivity index (χ2n) is 6.46. The van der Waals surface area contributed by atoms with Gasteiger partial charge in [0.25, 0.3) is 0 Å². The quantitative estimate of drug-likeness (QED) is 0.765. The molecule has 0 saturated heterocycles. The van der Waals surface area contributed by atoms with Crippen molar-refractivity contribution in [3.8, 4) is 0 Å². The molecule has 0 heterocycles. The first-order valence-electron chi connectivity index (χ1n) is 7.75. The van der Waals surface area contributed by atoms with Crippen molar-refractivity contribution in [2.45, 2.75) is 38.6 Å². The Kier molecular flexibility index (Phi) is 5.72. The molecule has 0 amide bonds. The normalized spacial score (nSPS) is 12.5. The van der Waals surface area contributed by atoms with Gasteiger partial charge in [0.1, 0.15) is 5.82 Å². The van der Waals surface area contributed by atoms with Crippen molar-refractivity contribution in [3.05, 3.63) is 66.0 Å². The molecule has 0 spiro atoms. The van der Waals surface area contributed by atoms with Gasteiger partial charge in [-0.15, -0.1) is 0 Å². The monoisotopic (exact) mass is 330 g/mol. The molecule has 2 N–H and O–H groups in total. The average Bonchev–Trinajstić information content (AvgIpc) is 2.47. The Hall–Kier alpha value is -1.94. The van der Waals surface area contributed by atoms with Crippen molar-refractivity contribution < 1.29 is 4.39 Å². The minimum Gasteiger partial charge on any atom is -0.360 e. The maximum atomic E-state index is 13.2. The molecule has 0 unspecified atom stereocenters. The summed E-state index contributed by atoms with van der Waals surface area (Å²) in [5, 5.41) is 6.80. The third-order valence-corrected chi connectivity index (χ3v) is 4.05. The summed E-state index contributed by atoms with van der Waals surface area (Å²) in [5.41, 5.74) is 2.00. The van der Waals surface area contributed by atoms with Crippen LogP contribution in [-0.4, -0.2) is 11.2 Å². The van der Waals surface area contributed by atoms with Crippen LogP contribution < -0.4 is 10.6 Å². The van der Waals surface area contributed by atoms with Gasteiger partial charge in [-0.1, -0.05) is 50.2 Å². The van der Waals surface area contributed by atoms with E-state index in [1.165, 1.54) is 17.7 Å². The van der Waals surface area contributed by atoms with E-state index in [-0.39, 0.29) is 17.3 Å². The Balaban J connectivity index is 1.91. The number of nitrogens with one attached hydrogen (secondary N) is 2. The summed E-state index contributed by atoms with van der Waals surface area (Å²) in [5.74, 6) is -0.281. The molecule has 122 valence electrons. The van der Waals surface area contributed by atoms with E-state index in [2.05, 4.69) is 55.7 Å². The first-order chi connectivity index (χ1) is 10.9. The Morgan fingerprint density at radius 1 is 1.13 bits per heavy atom. The van der Waals surface area contributed by atoms with E-state index in [9.17, 15) is 4.39 Å². The zero-order valence-electron chi connectivity index (χ0n) is 13.8. The highest BCUT2D eigenvalue weighted by Crippen LogP contribution is 2.28. The Bertz CT molecular complexity index is 655. The Morgan fingerprint density at radius 2 is 1.83 bits per heavy atom. The molecule has 1 atom stereocenters. The van der Waals surface area contributed by atoms with Gasteiger partial charge < -0.3 is 10.6 Å². The minimum atomic E-state index is -0.281. The van der Waals surface area contributed by atoms with Gasteiger partial charge in [-0.2, -0.15) is 0 Å². The van der Waals surface area contributed by atoms with Crippen molar-refractivity contribution >= 4 is 23.0 Å². The first-order valence-corrected chi connectivity index (χ1v) is 8.16. The third kappa shape index (κ3) is 5.32. The highest BCUT2D eigenvalue weighted by Gasteiger charge is 2.23. The van der Waals surface area contributed by atoms with Crippen molar-refractivity contribution in [1.29, 1.82) is 0 Å². The molecule has 2 aromatic carbocycles. The fourth-order valence-corrected chi connectivity index (χ4v) is 3.10. The van der Waals surface area contributed by atoms with Gasteiger partial charge in [0, 0.05) is 11.7 Å². The second-order valence-corrected chi connectivity index (χ2v) is 6.87. The predicted octanol–water partition coefficient (Wildman–Crippen LogP) is 4.87. The van der Waals surface area contributed by atoms with Crippen LogP contribution in [-0.2, 0) is 5.41 Å². The highest BCUT2D eigenvalue weighted by molar-refractivity contribution is 7.80. The molecule has 2 nitrogen and oxygen atoms in total. The molecule has 2 rings (SSSR count). The third-order valence-electron chi connectivity index (χ3n) is 3.83. The largest absolute Gasteiger partial charge is 0.360 e. The Morgan fingerprint density at radius 3 is 2.48 bits per heavy atom. The van der Waals surface area contributed by atoms with Crippen LogP contribution >= 0.6 is 12.2 Å². The van der Waals surface area contributed by atoms with Crippen LogP contribution in [0.4, 0.5) is 10.1 Å². The van der Waals surface area contributed by atoms with Crippen LogP contribution in [0.1, 0.15) is 32.8 Å². The maximum Gasteiger partial charge on any atom is 0.170 e. The van der Waals surface area contributed by atoms with Crippen molar-refractivity contribution in [2.24, 2.45) is 0 Å². The molecule has 23 heavy (non-hydrogen) atoms. The fraction of sp³-hybridized carbons (Fsp3) is 0.316. The standard InChI is InChI=1S/C19H23FN2S/c1-14(13-19(2,3)15-8-5-4-6-9-15)21-18(23)22-17-11-7-10-16(20)12-17/h4-12,14H,13H2,1-3H3,(H2,21,22,23)/t14-/m0/s1. The van der Waals surface area contributed by atoms with Crippen LogP contribution in [0.2, 0.25) is 0 Å². The molecule has 0 fully saturated rings. The van der Waals surface area contributed by atoms with Gasteiger partial charge in [-0.05, 0) is 54.7 Å². The number of hydrogen-bond donors (Lipinski definition) is 2. The van der Waals surface area contributed by atoms with E-state index in [1.807, 2.05) is 6.07 Å². The molecule has 4 heteroatoms. The van der Waals surface area contributed by atoms with Gasteiger partial charge in [0.05, 0.1) is 0 Å². The van der Waals surface area contributed by atoms with Gasteiger partial charge >= 0.3 is 0 Å². The zero-order chi connectivity index (χ0) is 16.9. The van der Waals surface area contributed by atoms with Gasteiger partial charge in [-0.3, -0.25) is 0 Å². The molecule has 0 aliphatic carbocycles. The van der Waals surface area contributed by atoms with E-state index in [0.29, 0.717) is 10.8 Å². The van der Waals surface area contributed by atoms with Gasteiger partial charge in [0.15, 0.2) is 5.11 Å². The predicted molar refractivity (Wildman–Crippen MR) is 99.3 cm³/mol. The van der Waals surface area contributed by atoms with E-state index in [1.54, 1.807) is 12.1 Å². The van der Waals surface area contributed by atoms with E-state index in [4.69, 9.17) is 12.2 Å². The van der Waals surface area contributed by atoms with E-state index < -0.39 is 0 Å². The van der Waals surface area contributed by atoms with Crippen LogP contribution in [0, 0.1) is 5.82 Å². The molecular formula is C19H23FN2S.